The van der Waals surface area contributed by atoms with Gasteiger partial charge in [0, 0.05) is 12.2 Å². The number of thioether (sulfide) groups is 1. The predicted octanol–water partition coefficient (Wildman–Crippen LogP) is 4.10. The van der Waals surface area contributed by atoms with Gasteiger partial charge in [-0.3, -0.25) is 4.79 Å². The summed E-state index contributed by atoms with van der Waals surface area (Å²) in [5.74, 6) is 1.04. The summed E-state index contributed by atoms with van der Waals surface area (Å²) >= 11 is 13.5. The Morgan fingerprint density at radius 3 is 2.56 bits per heavy atom. The number of hydrogen-bond donors (Lipinski definition) is 1. The van der Waals surface area contributed by atoms with Crippen LogP contribution in [0.2, 0.25) is 10.0 Å². The van der Waals surface area contributed by atoms with Gasteiger partial charge < -0.3 is 10.1 Å². The molecule has 0 radical (unpaired) electrons. The van der Waals surface area contributed by atoms with Crippen LogP contribution in [0.4, 0.5) is 5.69 Å². The minimum Gasteiger partial charge on any atom is -0.497 e. The second kappa shape index (κ2) is 9.07. The van der Waals surface area contributed by atoms with E-state index < -0.39 is 0 Å². The molecular weight excluding hydrogens is 409 g/mol. The van der Waals surface area contributed by atoms with Crippen molar-refractivity contribution in [2.24, 2.45) is 0 Å². The molecule has 1 aromatic heterocycles. The number of hydrogen-bond acceptors (Lipinski definition) is 6. The number of benzene rings is 2. The van der Waals surface area contributed by atoms with Crippen molar-refractivity contribution in [1.29, 1.82) is 0 Å². The molecule has 0 bridgehead atoms. The number of aromatic nitrogens is 4. The van der Waals surface area contributed by atoms with E-state index >= 15 is 0 Å². The number of amides is 1. The van der Waals surface area contributed by atoms with Crippen molar-refractivity contribution in [3.05, 3.63) is 52.5 Å². The summed E-state index contributed by atoms with van der Waals surface area (Å²) in [4.78, 5) is 12.2. The van der Waals surface area contributed by atoms with Crippen LogP contribution < -0.4 is 10.1 Å². The molecule has 1 amide bonds. The second-order valence-corrected chi connectivity index (χ2v) is 7.19. The molecule has 0 fully saturated rings. The van der Waals surface area contributed by atoms with Crippen LogP contribution in [0, 0.1) is 0 Å². The van der Waals surface area contributed by atoms with Crippen molar-refractivity contribution in [2.75, 3.05) is 18.2 Å². The second-order valence-electron chi connectivity index (χ2n) is 5.31. The van der Waals surface area contributed by atoms with Crippen LogP contribution in [-0.2, 0) is 4.79 Å². The molecular formula is C17H15Cl2N5O2S. The third kappa shape index (κ3) is 4.91. The molecule has 0 saturated carbocycles. The molecule has 0 spiro atoms. The maximum Gasteiger partial charge on any atom is 0.225 e. The molecule has 0 aliphatic heterocycles. The standard InChI is InChI=1S/C17H15Cl2N5O2S/c1-26-12-7-5-11(6-8-12)24-17(21-22-23-24)27-10-9-15(25)20-16-13(18)3-2-4-14(16)19/h2-8H,9-10H2,1H3,(H,20,25). The minimum absolute atomic E-state index is 0.194. The number of tetrazole rings is 1. The number of rotatable bonds is 7. The van der Waals surface area contributed by atoms with E-state index in [4.69, 9.17) is 27.9 Å². The van der Waals surface area contributed by atoms with Crippen LogP contribution in [-0.4, -0.2) is 39.0 Å². The average Bonchev–Trinajstić information content (AvgIpc) is 3.13. The van der Waals surface area contributed by atoms with E-state index in [9.17, 15) is 4.79 Å². The molecule has 0 aliphatic carbocycles. The maximum absolute atomic E-state index is 12.2. The van der Waals surface area contributed by atoms with E-state index in [1.165, 1.54) is 11.8 Å². The summed E-state index contributed by atoms with van der Waals surface area (Å²) in [7, 11) is 1.61. The van der Waals surface area contributed by atoms with Gasteiger partial charge in [0.1, 0.15) is 5.75 Å². The first-order valence-electron chi connectivity index (χ1n) is 7.88. The summed E-state index contributed by atoms with van der Waals surface area (Å²) in [5, 5.41) is 15.8. The lowest BCUT2D eigenvalue weighted by Crippen LogP contribution is -2.13. The quantitative estimate of drug-likeness (QED) is 0.576. The first kappa shape index (κ1) is 19.5. The zero-order valence-electron chi connectivity index (χ0n) is 14.2. The Morgan fingerprint density at radius 2 is 1.89 bits per heavy atom. The highest BCUT2D eigenvalue weighted by Crippen LogP contribution is 2.30. The van der Waals surface area contributed by atoms with E-state index in [1.54, 1.807) is 30.0 Å². The van der Waals surface area contributed by atoms with Crippen molar-refractivity contribution >= 4 is 46.6 Å². The van der Waals surface area contributed by atoms with E-state index in [1.807, 2.05) is 24.3 Å². The lowest BCUT2D eigenvalue weighted by Gasteiger charge is -2.09. The smallest absolute Gasteiger partial charge is 0.225 e. The van der Waals surface area contributed by atoms with E-state index in [0.29, 0.717) is 26.6 Å². The average molecular weight is 424 g/mol. The van der Waals surface area contributed by atoms with Crippen molar-refractivity contribution in [3.8, 4) is 11.4 Å². The van der Waals surface area contributed by atoms with Gasteiger partial charge in [-0.25, -0.2) is 0 Å². The Balaban J connectivity index is 1.58. The molecule has 0 unspecified atom stereocenters. The van der Waals surface area contributed by atoms with Gasteiger partial charge in [-0.05, 0) is 46.8 Å². The summed E-state index contributed by atoms with van der Waals surface area (Å²) < 4.78 is 6.75. The number of methoxy groups -OCH3 is 1. The van der Waals surface area contributed by atoms with Gasteiger partial charge in [-0.1, -0.05) is 41.0 Å². The summed E-state index contributed by atoms with van der Waals surface area (Å²) in [6, 6.07) is 12.4. The van der Waals surface area contributed by atoms with E-state index in [2.05, 4.69) is 20.8 Å². The third-order valence-corrected chi connectivity index (χ3v) is 5.10. The molecule has 3 rings (SSSR count). The topological polar surface area (TPSA) is 81.9 Å². The monoisotopic (exact) mass is 423 g/mol. The van der Waals surface area contributed by atoms with Gasteiger partial charge in [0.15, 0.2) is 0 Å². The van der Waals surface area contributed by atoms with E-state index in [-0.39, 0.29) is 12.3 Å². The zero-order chi connectivity index (χ0) is 19.2. The Bertz CT molecular complexity index is 913. The first-order valence-corrected chi connectivity index (χ1v) is 9.62. The van der Waals surface area contributed by atoms with Crippen LogP contribution in [0.1, 0.15) is 6.42 Å². The van der Waals surface area contributed by atoms with Crippen LogP contribution in [0.3, 0.4) is 0 Å². The number of nitrogens with zero attached hydrogens (tertiary/aromatic N) is 4. The molecule has 2 aromatic carbocycles. The molecule has 0 aliphatic rings. The number of carbonyl (C=O) groups is 1. The van der Waals surface area contributed by atoms with Crippen LogP contribution in [0.25, 0.3) is 5.69 Å². The van der Waals surface area contributed by atoms with Gasteiger partial charge in [0.25, 0.3) is 0 Å². The number of halogens is 2. The van der Waals surface area contributed by atoms with Crippen LogP contribution >= 0.6 is 35.0 Å². The fraction of sp³-hybridized carbons (Fsp3) is 0.176. The fourth-order valence-electron chi connectivity index (χ4n) is 2.21. The molecule has 7 nitrogen and oxygen atoms in total. The van der Waals surface area contributed by atoms with E-state index in [0.717, 1.165) is 11.4 Å². The third-order valence-electron chi connectivity index (χ3n) is 3.55. The van der Waals surface area contributed by atoms with Crippen molar-refractivity contribution < 1.29 is 9.53 Å². The number of ether oxygens (including phenoxy) is 1. The van der Waals surface area contributed by atoms with Gasteiger partial charge in [-0.2, -0.15) is 4.68 Å². The highest BCUT2D eigenvalue weighted by Gasteiger charge is 2.12. The largest absolute Gasteiger partial charge is 0.497 e. The maximum atomic E-state index is 12.2. The highest BCUT2D eigenvalue weighted by molar-refractivity contribution is 7.99. The Kier molecular flexibility index (Phi) is 6.54. The summed E-state index contributed by atoms with van der Waals surface area (Å²) in [5.41, 5.74) is 1.22. The lowest BCUT2D eigenvalue weighted by molar-refractivity contribution is -0.115. The van der Waals surface area contributed by atoms with Gasteiger partial charge in [-0.15, -0.1) is 5.10 Å². The fourth-order valence-corrected chi connectivity index (χ4v) is 3.53. The normalized spacial score (nSPS) is 10.6. The predicted molar refractivity (Wildman–Crippen MR) is 106 cm³/mol. The minimum atomic E-state index is -0.194. The Labute approximate surface area is 170 Å². The number of nitrogens with one attached hydrogen (secondary N) is 1. The molecule has 27 heavy (non-hydrogen) atoms. The van der Waals surface area contributed by atoms with Gasteiger partial charge in [0.05, 0.1) is 28.5 Å². The number of anilines is 1. The van der Waals surface area contributed by atoms with Gasteiger partial charge in [0.2, 0.25) is 11.1 Å². The highest BCUT2D eigenvalue weighted by atomic mass is 35.5. The molecule has 10 heteroatoms. The molecule has 1 heterocycles. The van der Waals surface area contributed by atoms with Gasteiger partial charge >= 0.3 is 0 Å². The zero-order valence-corrected chi connectivity index (χ0v) is 16.6. The summed E-state index contributed by atoms with van der Waals surface area (Å²) in [6.07, 6.45) is 0.252. The van der Waals surface area contributed by atoms with Crippen LogP contribution in [0.5, 0.6) is 5.75 Å². The molecule has 1 N–H and O–H groups in total. The number of para-hydroxylation sites is 1. The van der Waals surface area contributed by atoms with Crippen molar-refractivity contribution in [3.63, 3.8) is 0 Å². The molecule has 140 valence electrons. The lowest BCUT2D eigenvalue weighted by atomic mass is 10.3. The molecule has 3 aromatic rings. The Hall–Kier alpha value is -2.29. The van der Waals surface area contributed by atoms with Crippen LogP contribution in [0.15, 0.2) is 47.6 Å². The Morgan fingerprint density at radius 1 is 1.19 bits per heavy atom. The number of carbonyl (C=O) groups excluding carboxylic acids is 1. The molecule has 0 saturated heterocycles. The molecule has 0 atom stereocenters. The van der Waals surface area contributed by atoms with Crippen molar-refractivity contribution in [1.82, 2.24) is 20.2 Å². The first-order chi connectivity index (χ1) is 13.1. The SMILES string of the molecule is COc1ccc(-n2nnnc2SCCC(=O)Nc2c(Cl)cccc2Cl)cc1. The summed E-state index contributed by atoms with van der Waals surface area (Å²) in [6.45, 7) is 0. The van der Waals surface area contributed by atoms with Crippen molar-refractivity contribution in [2.45, 2.75) is 11.6 Å².